The zero-order chi connectivity index (χ0) is 16.4. The van der Waals surface area contributed by atoms with Gasteiger partial charge in [0.15, 0.2) is 5.82 Å². The van der Waals surface area contributed by atoms with E-state index in [2.05, 4.69) is 9.97 Å². The van der Waals surface area contributed by atoms with Crippen LogP contribution in [-0.2, 0) is 0 Å². The first kappa shape index (κ1) is 14.7. The summed E-state index contributed by atoms with van der Waals surface area (Å²) < 4.78 is 0. The predicted octanol–water partition coefficient (Wildman–Crippen LogP) is 2.87. The van der Waals surface area contributed by atoms with Gasteiger partial charge >= 0.3 is 0 Å². The van der Waals surface area contributed by atoms with Gasteiger partial charge in [0.05, 0.1) is 11.0 Å². The van der Waals surface area contributed by atoms with Crippen LogP contribution >= 0.6 is 0 Å². The number of aromatic nitrogens is 2. The molecule has 23 heavy (non-hydrogen) atoms. The van der Waals surface area contributed by atoms with Crippen LogP contribution in [0.1, 0.15) is 32.1 Å². The number of ketones is 1. The lowest BCUT2D eigenvalue weighted by atomic mass is 10.1. The number of aromatic amines is 1. The highest BCUT2D eigenvalue weighted by molar-refractivity contribution is 6.05. The van der Waals surface area contributed by atoms with Crippen molar-refractivity contribution in [3.63, 3.8) is 0 Å². The summed E-state index contributed by atoms with van der Waals surface area (Å²) in [5.74, 6) is -0.386. The SMILES string of the molecule is Cc1ccc2nc(C(=O)C=Cc3ccc(C(N)=O)cc3)[nH]c2c1. The van der Waals surface area contributed by atoms with Crippen molar-refractivity contribution < 1.29 is 9.59 Å². The predicted molar refractivity (Wildman–Crippen MR) is 89.2 cm³/mol. The Balaban J connectivity index is 1.80. The molecular formula is C18H15N3O2. The highest BCUT2D eigenvalue weighted by Crippen LogP contribution is 2.14. The molecule has 0 saturated heterocycles. The molecule has 0 atom stereocenters. The van der Waals surface area contributed by atoms with Crippen molar-refractivity contribution in [3.8, 4) is 0 Å². The van der Waals surface area contributed by atoms with Gasteiger partial charge in [-0.2, -0.15) is 0 Å². The average molecular weight is 305 g/mol. The molecule has 0 radical (unpaired) electrons. The van der Waals surface area contributed by atoms with Crippen LogP contribution in [0.25, 0.3) is 17.1 Å². The summed E-state index contributed by atoms with van der Waals surface area (Å²) in [5.41, 5.74) is 9.12. The van der Waals surface area contributed by atoms with E-state index in [0.717, 1.165) is 22.2 Å². The average Bonchev–Trinajstić information content (AvgIpc) is 2.96. The molecule has 0 bridgehead atoms. The normalized spacial score (nSPS) is 11.2. The smallest absolute Gasteiger partial charge is 0.248 e. The minimum Gasteiger partial charge on any atom is -0.366 e. The number of allylic oxidation sites excluding steroid dienone is 1. The van der Waals surface area contributed by atoms with Crippen molar-refractivity contribution in [2.24, 2.45) is 5.73 Å². The Bertz CT molecular complexity index is 921. The number of carbonyl (C=O) groups excluding carboxylic acids is 2. The number of hydrogen-bond acceptors (Lipinski definition) is 3. The van der Waals surface area contributed by atoms with Gasteiger partial charge in [-0.15, -0.1) is 0 Å². The number of nitrogens with zero attached hydrogens (tertiary/aromatic N) is 1. The van der Waals surface area contributed by atoms with E-state index in [-0.39, 0.29) is 5.78 Å². The molecule has 1 heterocycles. The summed E-state index contributed by atoms with van der Waals surface area (Å²) in [6.45, 7) is 1.98. The first-order valence-corrected chi connectivity index (χ1v) is 7.11. The molecule has 1 aromatic heterocycles. The maximum Gasteiger partial charge on any atom is 0.248 e. The Kier molecular flexibility index (Phi) is 3.76. The first-order chi connectivity index (χ1) is 11.0. The minimum atomic E-state index is -0.478. The van der Waals surface area contributed by atoms with E-state index in [1.807, 2.05) is 25.1 Å². The number of aryl methyl sites for hydroxylation is 1. The van der Waals surface area contributed by atoms with Gasteiger partial charge in [-0.1, -0.05) is 24.3 Å². The monoisotopic (exact) mass is 305 g/mol. The maximum absolute atomic E-state index is 12.2. The molecule has 0 saturated carbocycles. The number of nitrogens with one attached hydrogen (secondary N) is 1. The second kappa shape index (κ2) is 5.88. The van der Waals surface area contributed by atoms with Crippen molar-refractivity contribution in [3.05, 3.63) is 71.1 Å². The van der Waals surface area contributed by atoms with Gasteiger partial charge in [0.1, 0.15) is 0 Å². The molecule has 0 unspecified atom stereocenters. The van der Waals surface area contributed by atoms with Crippen LogP contribution in [0.3, 0.4) is 0 Å². The van der Waals surface area contributed by atoms with Crippen LogP contribution < -0.4 is 5.73 Å². The van der Waals surface area contributed by atoms with Crippen LogP contribution in [0.2, 0.25) is 0 Å². The molecule has 3 rings (SSSR count). The van der Waals surface area contributed by atoms with Gasteiger partial charge in [0, 0.05) is 5.56 Å². The maximum atomic E-state index is 12.2. The molecule has 0 aliphatic carbocycles. The van der Waals surface area contributed by atoms with Crippen LogP contribution in [-0.4, -0.2) is 21.7 Å². The standard InChI is InChI=1S/C18H15N3O2/c1-11-2-8-14-15(10-11)21-18(20-14)16(22)9-5-12-3-6-13(7-4-12)17(19)23/h2-10H,1H3,(H2,19,23)(H,20,21). The van der Waals surface area contributed by atoms with Gasteiger partial charge in [0.25, 0.3) is 0 Å². The topological polar surface area (TPSA) is 88.8 Å². The highest BCUT2D eigenvalue weighted by Gasteiger charge is 2.08. The Morgan fingerprint density at radius 3 is 2.57 bits per heavy atom. The van der Waals surface area contributed by atoms with Gasteiger partial charge in [-0.25, -0.2) is 4.98 Å². The number of rotatable bonds is 4. The van der Waals surface area contributed by atoms with Crippen LogP contribution in [0, 0.1) is 6.92 Å². The van der Waals surface area contributed by atoms with E-state index in [0.29, 0.717) is 11.4 Å². The minimum absolute atomic E-state index is 0.210. The third-order valence-electron chi connectivity index (χ3n) is 3.49. The van der Waals surface area contributed by atoms with Crippen molar-refractivity contribution >= 4 is 28.8 Å². The van der Waals surface area contributed by atoms with E-state index < -0.39 is 5.91 Å². The van der Waals surface area contributed by atoms with E-state index in [4.69, 9.17) is 5.73 Å². The summed E-state index contributed by atoms with van der Waals surface area (Å²) in [6, 6.07) is 12.5. The Morgan fingerprint density at radius 1 is 1.13 bits per heavy atom. The third-order valence-corrected chi connectivity index (χ3v) is 3.49. The highest BCUT2D eigenvalue weighted by atomic mass is 16.1. The summed E-state index contributed by atoms with van der Waals surface area (Å²) in [6.07, 6.45) is 3.12. The second-order valence-electron chi connectivity index (χ2n) is 5.29. The van der Waals surface area contributed by atoms with Gasteiger partial charge < -0.3 is 10.7 Å². The molecule has 0 aliphatic rings. The number of H-pyrrole nitrogens is 1. The zero-order valence-electron chi connectivity index (χ0n) is 12.5. The van der Waals surface area contributed by atoms with Crippen molar-refractivity contribution in [2.45, 2.75) is 6.92 Å². The third kappa shape index (κ3) is 3.18. The number of fused-ring (bicyclic) bond motifs is 1. The van der Waals surface area contributed by atoms with E-state index in [9.17, 15) is 9.59 Å². The quantitative estimate of drug-likeness (QED) is 0.574. The Hall–Kier alpha value is -3.21. The number of carbonyl (C=O) groups is 2. The fourth-order valence-corrected chi connectivity index (χ4v) is 2.25. The molecule has 1 amide bonds. The summed E-state index contributed by atoms with van der Waals surface area (Å²) in [4.78, 5) is 30.5. The molecule has 0 spiro atoms. The molecule has 5 nitrogen and oxygen atoms in total. The number of hydrogen-bond donors (Lipinski definition) is 2. The Morgan fingerprint density at radius 2 is 1.87 bits per heavy atom. The molecule has 0 fully saturated rings. The summed E-state index contributed by atoms with van der Waals surface area (Å²) in [7, 11) is 0. The van der Waals surface area contributed by atoms with Crippen molar-refractivity contribution in [1.82, 2.24) is 9.97 Å². The lowest BCUT2D eigenvalue weighted by Crippen LogP contribution is -2.10. The van der Waals surface area contributed by atoms with E-state index >= 15 is 0 Å². The van der Waals surface area contributed by atoms with Crippen LogP contribution in [0.15, 0.2) is 48.5 Å². The van der Waals surface area contributed by atoms with Crippen LogP contribution in [0.4, 0.5) is 0 Å². The molecular weight excluding hydrogens is 290 g/mol. The zero-order valence-corrected chi connectivity index (χ0v) is 12.5. The number of primary amides is 1. The summed E-state index contributed by atoms with van der Waals surface area (Å²) >= 11 is 0. The number of benzene rings is 2. The molecule has 2 aromatic carbocycles. The molecule has 3 N–H and O–H groups in total. The number of amides is 1. The van der Waals surface area contributed by atoms with Gasteiger partial charge in [-0.05, 0) is 48.4 Å². The lowest BCUT2D eigenvalue weighted by molar-refractivity contribution is 0.0998. The van der Waals surface area contributed by atoms with Crippen molar-refractivity contribution in [2.75, 3.05) is 0 Å². The van der Waals surface area contributed by atoms with Crippen LogP contribution in [0.5, 0.6) is 0 Å². The molecule has 0 aliphatic heterocycles. The molecule has 114 valence electrons. The van der Waals surface area contributed by atoms with Crippen molar-refractivity contribution in [1.29, 1.82) is 0 Å². The largest absolute Gasteiger partial charge is 0.366 e. The fourth-order valence-electron chi connectivity index (χ4n) is 2.25. The number of nitrogens with two attached hydrogens (primary N) is 1. The number of imidazole rings is 1. The summed E-state index contributed by atoms with van der Waals surface area (Å²) in [5, 5.41) is 0. The Labute approximate surface area is 132 Å². The second-order valence-corrected chi connectivity index (χ2v) is 5.29. The molecule has 3 aromatic rings. The lowest BCUT2D eigenvalue weighted by Gasteiger charge is -1.96. The fraction of sp³-hybridized carbons (Fsp3) is 0.0556. The van der Waals surface area contributed by atoms with E-state index in [1.165, 1.54) is 6.08 Å². The van der Waals surface area contributed by atoms with Gasteiger partial charge in [-0.3, -0.25) is 9.59 Å². The molecule has 5 heteroatoms. The van der Waals surface area contributed by atoms with Gasteiger partial charge in [0.2, 0.25) is 11.7 Å². The first-order valence-electron chi connectivity index (χ1n) is 7.11. The van der Waals surface area contributed by atoms with E-state index in [1.54, 1.807) is 30.3 Å².